The summed E-state index contributed by atoms with van der Waals surface area (Å²) in [5, 5.41) is 5.97. The molecule has 0 saturated carbocycles. The molecule has 0 bridgehead atoms. The monoisotopic (exact) mass is 464 g/mol. The van der Waals surface area contributed by atoms with Gasteiger partial charge in [0.2, 0.25) is 10.0 Å². The molecule has 0 spiro atoms. The van der Waals surface area contributed by atoms with Gasteiger partial charge in [-0.15, -0.1) is 0 Å². The standard InChI is InChI=1S/C25H28N4O3S/c1-33(31,32)29(24-13-7-11-21-10-5-6-12-23(21)24)19-25(30)27-26-22-14-16-28(17-15-22)18-20-8-3-2-4-9-20/h2-13H,14-19H2,1H3,(H,27,30). The van der Waals surface area contributed by atoms with Gasteiger partial charge in [0.25, 0.3) is 5.91 Å². The number of nitrogens with one attached hydrogen (secondary N) is 1. The number of carbonyl (C=O) groups excluding carboxylic acids is 1. The Morgan fingerprint density at radius 2 is 1.64 bits per heavy atom. The molecule has 3 aromatic rings. The van der Waals surface area contributed by atoms with E-state index in [1.807, 2.05) is 48.5 Å². The number of hydrogen-bond acceptors (Lipinski definition) is 5. The summed E-state index contributed by atoms with van der Waals surface area (Å²) in [6, 6.07) is 23.3. The van der Waals surface area contributed by atoms with Gasteiger partial charge in [-0.3, -0.25) is 14.0 Å². The third-order valence-electron chi connectivity index (χ3n) is 5.74. The van der Waals surface area contributed by atoms with Gasteiger partial charge in [0.15, 0.2) is 0 Å². The Hall–Kier alpha value is -3.23. The topological polar surface area (TPSA) is 82.1 Å². The number of hydrogen-bond donors (Lipinski definition) is 1. The third kappa shape index (κ3) is 5.97. The largest absolute Gasteiger partial charge is 0.298 e. The Morgan fingerprint density at radius 3 is 2.36 bits per heavy atom. The van der Waals surface area contributed by atoms with E-state index in [9.17, 15) is 13.2 Å². The molecule has 0 unspecified atom stereocenters. The van der Waals surface area contributed by atoms with Crippen LogP contribution in [-0.2, 0) is 21.4 Å². The molecule has 0 aromatic heterocycles. The first-order chi connectivity index (χ1) is 15.9. The Bertz CT molecular complexity index is 1240. The second-order valence-electron chi connectivity index (χ2n) is 8.24. The average Bonchev–Trinajstić information content (AvgIpc) is 2.82. The van der Waals surface area contributed by atoms with Crippen LogP contribution in [-0.4, -0.2) is 50.8 Å². The number of amides is 1. The van der Waals surface area contributed by atoms with Crippen LogP contribution in [0.5, 0.6) is 0 Å². The first-order valence-electron chi connectivity index (χ1n) is 11.0. The molecule has 33 heavy (non-hydrogen) atoms. The van der Waals surface area contributed by atoms with Crippen molar-refractivity contribution < 1.29 is 13.2 Å². The molecule has 0 atom stereocenters. The van der Waals surface area contributed by atoms with Crippen molar-refractivity contribution in [2.45, 2.75) is 19.4 Å². The van der Waals surface area contributed by atoms with Gasteiger partial charge in [-0.2, -0.15) is 5.10 Å². The van der Waals surface area contributed by atoms with Gasteiger partial charge in [-0.25, -0.2) is 13.8 Å². The lowest BCUT2D eigenvalue weighted by Crippen LogP contribution is -2.40. The SMILES string of the molecule is CS(=O)(=O)N(CC(=O)NN=C1CCN(Cc2ccccc2)CC1)c1cccc2ccccc12. The highest BCUT2D eigenvalue weighted by atomic mass is 32.2. The van der Waals surface area contributed by atoms with Gasteiger partial charge in [-0.1, -0.05) is 66.7 Å². The fraction of sp³-hybridized carbons (Fsp3) is 0.280. The quantitative estimate of drug-likeness (QED) is 0.544. The molecule has 1 heterocycles. The first-order valence-corrected chi connectivity index (χ1v) is 12.8. The zero-order valence-corrected chi connectivity index (χ0v) is 19.5. The van der Waals surface area contributed by atoms with Crippen molar-refractivity contribution in [3.63, 3.8) is 0 Å². The summed E-state index contributed by atoms with van der Waals surface area (Å²) in [6.07, 6.45) is 2.65. The zero-order chi connectivity index (χ0) is 23.3. The summed E-state index contributed by atoms with van der Waals surface area (Å²) in [4.78, 5) is 15.0. The highest BCUT2D eigenvalue weighted by Crippen LogP contribution is 2.28. The van der Waals surface area contributed by atoms with Crippen LogP contribution < -0.4 is 9.73 Å². The third-order valence-corrected chi connectivity index (χ3v) is 6.87. The van der Waals surface area contributed by atoms with Crippen LogP contribution in [0.15, 0.2) is 77.9 Å². The molecule has 4 rings (SSSR count). The Kier molecular flexibility index (Phi) is 7.05. The van der Waals surface area contributed by atoms with E-state index in [2.05, 4.69) is 27.6 Å². The molecule has 7 nitrogen and oxygen atoms in total. The number of rotatable bonds is 7. The fourth-order valence-electron chi connectivity index (χ4n) is 4.04. The number of hydrazone groups is 1. The number of sulfonamides is 1. The van der Waals surface area contributed by atoms with Crippen LogP contribution in [0, 0.1) is 0 Å². The summed E-state index contributed by atoms with van der Waals surface area (Å²) in [5.74, 6) is -0.465. The first kappa shape index (κ1) is 22.9. The van der Waals surface area contributed by atoms with E-state index in [4.69, 9.17) is 0 Å². The van der Waals surface area contributed by atoms with Crippen LogP contribution in [0.25, 0.3) is 10.8 Å². The molecule has 3 aromatic carbocycles. The van der Waals surface area contributed by atoms with E-state index in [0.717, 1.165) is 59.5 Å². The van der Waals surface area contributed by atoms with Gasteiger partial charge < -0.3 is 0 Å². The number of anilines is 1. The number of nitrogens with zero attached hydrogens (tertiary/aromatic N) is 3. The molecule has 1 fully saturated rings. The summed E-state index contributed by atoms with van der Waals surface area (Å²) >= 11 is 0. The van der Waals surface area contributed by atoms with E-state index in [1.165, 1.54) is 5.56 Å². The van der Waals surface area contributed by atoms with E-state index in [-0.39, 0.29) is 6.54 Å². The van der Waals surface area contributed by atoms with Crippen molar-refractivity contribution in [2.24, 2.45) is 5.10 Å². The van der Waals surface area contributed by atoms with Crippen LogP contribution >= 0.6 is 0 Å². The van der Waals surface area contributed by atoms with E-state index >= 15 is 0 Å². The summed E-state index contributed by atoms with van der Waals surface area (Å²) < 4.78 is 26.1. The Balaban J connectivity index is 1.38. The molecule has 0 radical (unpaired) electrons. The minimum Gasteiger partial charge on any atom is -0.298 e. The number of likely N-dealkylation sites (tertiary alicyclic amines) is 1. The average molecular weight is 465 g/mol. The molecule has 1 amide bonds. The molecule has 8 heteroatoms. The second-order valence-corrected chi connectivity index (χ2v) is 10.1. The van der Waals surface area contributed by atoms with Crippen molar-refractivity contribution in [3.05, 3.63) is 78.4 Å². The molecule has 0 aliphatic carbocycles. The van der Waals surface area contributed by atoms with Gasteiger partial charge in [0, 0.05) is 43.6 Å². The van der Waals surface area contributed by atoms with Gasteiger partial charge in [0.05, 0.1) is 11.9 Å². The van der Waals surface area contributed by atoms with Crippen molar-refractivity contribution in [1.82, 2.24) is 10.3 Å². The Labute approximate surface area is 194 Å². The van der Waals surface area contributed by atoms with Gasteiger partial charge in [-0.05, 0) is 17.0 Å². The number of carbonyl (C=O) groups is 1. The highest BCUT2D eigenvalue weighted by molar-refractivity contribution is 7.92. The molecule has 1 aliphatic heterocycles. The van der Waals surface area contributed by atoms with Crippen LogP contribution in [0.3, 0.4) is 0 Å². The van der Waals surface area contributed by atoms with Gasteiger partial charge >= 0.3 is 0 Å². The minimum absolute atomic E-state index is 0.330. The van der Waals surface area contributed by atoms with E-state index in [0.29, 0.717) is 5.69 Å². The fourth-order valence-corrected chi connectivity index (χ4v) is 4.91. The van der Waals surface area contributed by atoms with E-state index in [1.54, 1.807) is 12.1 Å². The lowest BCUT2D eigenvalue weighted by atomic mass is 10.1. The maximum absolute atomic E-state index is 12.6. The van der Waals surface area contributed by atoms with Crippen LogP contribution in [0.1, 0.15) is 18.4 Å². The molecule has 1 N–H and O–H groups in total. The maximum Gasteiger partial charge on any atom is 0.260 e. The van der Waals surface area contributed by atoms with E-state index < -0.39 is 15.9 Å². The van der Waals surface area contributed by atoms with Crippen molar-refractivity contribution in [2.75, 3.05) is 30.2 Å². The second kappa shape index (κ2) is 10.1. The lowest BCUT2D eigenvalue weighted by molar-refractivity contribution is -0.119. The maximum atomic E-state index is 12.6. The smallest absolute Gasteiger partial charge is 0.260 e. The molecular formula is C25H28N4O3S. The van der Waals surface area contributed by atoms with Crippen molar-refractivity contribution in [1.29, 1.82) is 0 Å². The minimum atomic E-state index is -3.67. The van der Waals surface area contributed by atoms with Crippen molar-refractivity contribution >= 4 is 38.1 Å². The van der Waals surface area contributed by atoms with Crippen molar-refractivity contribution in [3.8, 4) is 0 Å². The van der Waals surface area contributed by atoms with Crippen LogP contribution in [0.2, 0.25) is 0 Å². The van der Waals surface area contributed by atoms with Crippen LogP contribution in [0.4, 0.5) is 5.69 Å². The Morgan fingerprint density at radius 1 is 0.970 bits per heavy atom. The zero-order valence-electron chi connectivity index (χ0n) is 18.6. The van der Waals surface area contributed by atoms with Gasteiger partial charge in [0.1, 0.15) is 6.54 Å². The lowest BCUT2D eigenvalue weighted by Gasteiger charge is -2.27. The predicted molar refractivity (Wildman–Crippen MR) is 133 cm³/mol. The summed E-state index contributed by atoms with van der Waals surface area (Å²) in [6.45, 7) is 2.31. The highest BCUT2D eigenvalue weighted by Gasteiger charge is 2.23. The summed E-state index contributed by atoms with van der Waals surface area (Å²) in [7, 11) is -3.67. The molecule has 1 saturated heterocycles. The molecule has 172 valence electrons. The molecular weight excluding hydrogens is 436 g/mol. The number of fused-ring (bicyclic) bond motifs is 1. The number of piperidine rings is 1. The number of benzene rings is 3. The normalized spacial score (nSPS) is 14.8. The summed E-state index contributed by atoms with van der Waals surface area (Å²) in [5.41, 5.74) is 5.24. The molecule has 1 aliphatic rings. The predicted octanol–water partition coefficient (Wildman–Crippen LogP) is 3.37.